The number of primary amides is 1. The van der Waals surface area contributed by atoms with Gasteiger partial charge in [-0.3, -0.25) is 9.20 Å². The highest BCUT2D eigenvalue weighted by atomic mass is 32.2. The normalized spacial score (nSPS) is 10.8. The van der Waals surface area contributed by atoms with Gasteiger partial charge in [-0.25, -0.2) is 0 Å². The second-order valence-electron chi connectivity index (χ2n) is 3.09. The molecule has 2 aromatic heterocycles. The summed E-state index contributed by atoms with van der Waals surface area (Å²) >= 11 is 1.52. The molecule has 2 heterocycles. The monoisotopic (exact) mass is 222 g/mol. The van der Waals surface area contributed by atoms with E-state index in [1.165, 1.54) is 11.8 Å². The van der Waals surface area contributed by atoms with E-state index in [1.54, 1.807) is 12.1 Å². The van der Waals surface area contributed by atoms with E-state index in [4.69, 9.17) is 5.73 Å². The lowest BCUT2D eigenvalue weighted by molar-refractivity contribution is 0.1000. The Balaban J connectivity index is 2.79. The van der Waals surface area contributed by atoms with E-state index in [-0.39, 0.29) is 0 Å². The highest BCUT2D eigenvalue weighted by Crippen LogP contribution is 2.19. The first-order chi connectivity index (χ1) is 7.13. The molecule has 0 spiro atoms. The maximum absolute atomic E-state index is 11.1. The van der Waals surface area contributed by atoms with Gasteiger partial charge in [0.1, 0.15) is 5.82 Å². The first-order valence-electron chi connectivity index (χ1n) is 4.33. The van der Waals surface area contributed by atoms with Crippen molar-refractivity contribution in [2.45, 2.75) is 11.9 Å². The van der Waals surface area contributed by atoms with E-state index in [9.17, 15) is 4.79 Å². The summed E-state index contributed by atoms with van der Waals surface area (Å²) in [6.45, 7) is 1.86. The number of fused-ring (bicyclic) bond motifs is 1. The van der Waals surface area contributed by atoms with Crippen molar-refractivity contribution in [3.05, 3.63) is 23.5 Å². The lowest BCUT2D eigenvalue weighted by Crippen LogP contribution is -2.12. The van der Waals surface area contributed by atoms with E-state index in [0.717, 1.165) is 10.9 Å². The summed E-state index contributed by atoms with van der Waals surface area (Å²) < 4.78 is 1.89. The van der Waals surface area contributed by atoms with Crippen LogP contribution in [0, 0.1) is 6.92 Å². The predicted octanol–water partition coefficient (Wildman–Crippen LogP) is 0.859. The van der Waals surface area contributed by atoms with Crippen LogP contribution in [0.1, 0.15) is 16.2 Å². The van der Waals surface area contributed by atoms with Gasteiger partial charge in [0, 0.05) is 5.56 Å². The fraction of sp³-hybridized carbons (Fsp3) is 0.222. The van der Waals surface area contributed by atoms with Crippen LogP contribution in [0.25, 0.3) is 5.65 Å². The molecule has 2 rings (SSSR count). The SMILES string of the molecule is CSc1cc(C(N)=O)cc2nnc(C)n12. The molecule has 6 heteroatoms. The number of carbonyl (C=O) groups is 1. The third-order valence-electron chi connectivity index (χ3n) is 2.13. The molecule has 2 N–H and O–H groups in total. The molecule has 0 unspecified atom stereocenters. The quantitative estimate of drug-likeness (QED) is 0.765. The van der Waals surface area contributed by atoms with Gasteiger partial charge >= 0.3 is 0 Å². The highest BCUT2D eigenvalue weighted by molar-refractivity contribution is 7.98. The van der Waals surface area contributed by atoms with Crippen molar-refractivity contribution in [1.29, 1.82) is 0 Å². The van der Waals surface area contributed by atoms with Gasteiger partial charge in [-0.05, 0) is 25.3 Å². The van der Waals surface area contributed by atoms with Gasteiger partial charge in [-0.15, -0.1) is 22.0 Å². The summed E-state index contributed by atoms with van der Waals surface area (Å²) in [7, 11) is 0. The molecular formula is C9H10N4OS. The molecule has 0 saturated carbocycles. The zero-order valence-corrected chi connectivity index (χ0v) is 9.21. The second-order valence-corrected chi connectivity index (χ2v) is 3.92. The molecule has 0 aliphatic carbocycles. The Morgan fingerprint density at radius 1 is 1.47 bits per heavy atom. The Bertz CT molecular complexity index is 534. The van der Waals surface area contributed by atoms with Crippen LogP contribution in [-0.2, 0) is 0 Å². The molecule has 0 atom stereocenters. The van der Waals surface area contributed by atoms with Gasteiger partial charge in [0.15, 0.2) is 5.65 Å². The molecule has 0 bridgehead atoms. The molecular weight excluding hydrogens is 212 g/mol. The number of carbonyl (C=O) groups excluding carboxylic acids is 1. The third kappa shape index (κ3) is 1.56. The molecule has 0 aromatic carbocycles. The van der Waals surface area contributed by atoms with Crippen molar-refractivity contribution >= 4 is 23.3 Å². The average Bonchev–Trinajstić information content (AvgIpc) is 2.59. The van der Waals surface area contributed by atoms with E-state index < -0.39 is 5.91 Å². The minimum Gasteiger partial charge on any atom is -0.366 e. The predicted molar refractivity (Wildman–Crippen MR) is 58.0 cm³/mol. The van der Waals surface area contributed by atoms with E-state index >= 15 is 0 Å². The van der Waals surface area contributed by atoms with Gasteiger partial charge < -0.3 is 5.73 Å². The summed E-state index contributed by atoms with van der Waals surface area (Å²) in [5, 5.41) is 8.82. The summed E-state index contributed by atoms with van der Waals surface area (Å²) in [6.07, 6.45) is 1.93. The van der Waals surface area contributed by atoms with Crippen molar-refractivity contribution in [2.75, 3.05) is 6.26 Å². The molecule has 15 heavy (non-hydrogen) atoms. The van der Waals surface area contributed by atoms with Crippen molar-refractivity contribution in [3.63, 3.8) is 0 Å². The molecule has 0 radical (unpaired) electrons. The van der Waals surface area contributed by atoms with E-state index in [0.29, 0.717) is 11.2 Å². The first kappa shape index (κ1) is 9.97. The third-order valence-corrected chi connectivity index (χ3v) is 2.85. The smallest absolute Gasteiger partial charge is 0.248 e. The molecule has 1 amide bonds. The Hall–Kier alpha value is -1.56. The van der Waals surface area contributed by atoms with Crippen LogP contribution >= 0.6 is 11.8 Å². The van der Waals surface area contributed by atoms with Gasteiger partial charge in [0.05, 0.1) is 5.03 Å². The number of hydrogen-bond acceptors (Lipinski definition) is 4. The minimum absolute atomic E-state index is 0.451. The van der Waals surface area contributed by atoms with Crippen molar-refractivity contribution < 1.29 is 4.79 Å². The van der Waals surface area contributed by atoms with Crippen LogP contribution in [0.5, 0.6) is 0 Å². The number of aromatic nitrogens is 3. The lowest BCUT2D eigenvalue weighted by atomic mass is 10.2. The van der Waals surface area contributed by atoms with Crippen LogP contribution < -0.4 is 5.73 Å². The fourth-order valence-corrected chi connectivity index (χ4v) is 2.07. The minimum atomic E-state index is -0.451. The van der Waals surface area contributed by atoms with Crippen LogP contribution in [0.2, 0.25) is 0 Å². The number of thioether (sulfide) groups is 1. The number of nitrogens with two attached hydrogens (primary N) is 1. The van der Waals surface area contributed by atoms with E-state index in [1.807, 2.05) is 17.6 Å². The molecule has 0 fully saturated rings. The lowest BCUT2D eigenvalue weighted by Gasteiger charge is -2.04. The van der Waals surface area contributed by atoms with Gasteiger partial charge in [0.25, 0.3) is 0 Å². The molecule has 2 aromatic rings. The van der Waals surface area contributed by atoms with Crippen LogP contribution in [0.15, 0.2) is 17.2 Å². The van der Waals surface area contributed by atoms with Crippen molar-refractivity contribution in [3.8, 4) is 0 Å². The van der Waals surface area contributed by atoms with Gasteiger partial charge in [0.2, 0.25) is 5.91 Å². The first-order valence-corrected chi connectivity index (χ1v) is 5.55. The van der Waals surface area contributed by atoms with Gasteiger partial charge in [-0.2, -0.15) is 0 Å². The Morgan fingerprint density at radius 3 is 2.80 bits per heavy atom. The van der Waals surface area contributed by atoms with Crippen molar-refractivity contribution in [2.24, 2.45) is 5.73 Å². The zero-order valence-electron chi connectivity index (χ0n) is 8.39. The maximum Gasteiger partial charge on any atom is 0.248 e. The van der Waals surface area contributed by atoms with Crippen LogP contribution in [0.3, 0.4) is 0 Å². The largest absolute Gasteiger partial charge is 0.366 e. The Labute approximate surface area is 90.7 Å². The average molecular weight is 222 g/mol. The highest BCUT2D eigenvalue weighted by Gasteiger charge is 2.10. The van der Waals surface area contributed by atoms with Gasteiger partial charge in [-0.1, -0.05) is 0 Å². The standard InChI is InChI=1S/C9H10N4OS/c1-5-11-12-7-3-6(9(10)14)4-8(15-2)13(5)7/h3-4H,1-2H3,(H2,10,14). The van der Waals surface area contributed by atoms with Crippen molar-refractivity contribution in [1.82, 2.24) is 14.6 Å². The molecule has 0 saturated heterocycles. The molecule has 78 valence electrons. The number of amides is 1. The molecule has 0 aliphatic heterocycles. The number of aryl methyl sites for hydroxylation is 1. The summed E-state index contributed by atoms with van der Waals surface area (Å²) in [6, 6.07) is 3.39. The number of pyridine rings is 1. The zero-order chi connectivity index (χ0) is 11.0. The van der Waals surface area contributed by atoms with E-state index in [2.05, 4.69) is 10.2 Å². The molecule has 0 aliphatic rings. The summed E-state index contributed by atoms with van der Waals surface area (Å²) in [5.74, 6) is 0.346. The second kappa shape index (κ2) is 3.54. The van der Waals surface area contributed by atoms with Crippen LogP contribution in [0.4, 0.5) is 0 Å². The number of hydrogen-bond donors (Lipinski definition) is 1. The molecule has 5 nitrogen and oxygen atoms in total. The fourth-order valence-electron chi connectivity index (χ4n) is 1.42. The topological polar surface area (TPSA) is 73.3 Å². The Kier molecular flexibility index (Phi) is 2.36. The summed E-state index contributed by atoms with van der Waals surface area (Å²) in [4.78, 5) is 11.1. The summed E-state index contributed by atoms with van der Waals surface area (Å²) in [5.41, 5.74) is 6.33. The Morgan fingerprint density at radius 2 is 2.20 bits per heavy atom. The number of nitrogens with zero attached hydrogens (tertiary/aromatic N) is 3. The van der Waals surface area contributed by atoms with Crippen LogP contribution in [-0.4, -0.2) is 26.8 Å². The maximum atomic E-state index is 11.1. The number of rotatable bonds is 2.